The summed E-state index contributed by atoms with van der Waals surface area (Å²) >= 11 is 0. The largest absolute Gasteiger partial charge is 0.457 e. The van der Waals surface area contributed by atoms with E-state index in [0.29, 0.717) is 18.0 Å². The molecule has 0 spiro atoms. The highest BCUT2D eigenvalue weighted by Gasteiger charge is 2.19. The van der Waals surface area contributed by atoms with Crippen LogP contribution in [0.5, 0.6) is 11.5 Å². The standard InChI is InChI=1S/C23H24N2O4S/c1-17(2)16-24-23(26)21-10-6-7-11-22(21)25-30(27,28)20-14-12-19(13-15-20)29-18-8-4-3-5-9-18/h3-15,17,25H,16H2,1-2H3,(H,24,26). The van der Waals surface area contributed by atoms with E-state index in [1.807, 2.05) is 44.2 Å². The maximum absolute atomic E-state index is 12.8. The first-order valence-corrected chi connectivity index (χ1v) is 11.1. The number of sulfonamides is 1. The van der Waals surface area contributed by atoms with Gasteiger partial charge in [-0.1, -0.05) is 44.2 Å². The summed E-state index contributed by atoms with van der Waals surface area (Å²) in [5, 5.41) is 2.80. The van der Waals surface area contributed by atoms with E-state index < -0.39 is 10.0 Å². The Morgan fingerprint density at radius 3 is 2.13 bits per heavy atom. The molecule has 3 aromatic rings. The van der Waals surface area contributed by atoms with E-state index in [-0.39, 0.29) is 28.0 Å². The van der Waals surface area contributed by atoms with Gasteiger partial charge in [0.05, 0.1) is 16.1 Å². The van der Waals surface area contributed by atoms with Crippen molar-refractivity contribution in [1.82, 2.24) is 5.32 Å². The van der Waals surface area contributed by atoms with Gasteiger partial charge in [-0.15, -0.1) is 0 Å². The second-order valence-electron chi connectivity index (χ2n) is 7.14. The number of carbonyl (C=O) groups excluding carboxylic acids is 1. The monoisotopic (exact) mass is 424 g/mol. The lowest BCUT2D eigenvalue weighted by Crippen LogP contribution is -2.28. The van der Waals surface area contributed by atoms with Gasteiger partial charge in [0.2, 0.25) is 0 Å². The van der Waals surface area contributed by atoms with Gasteiger partial charge in [-0.05, 0) is 54.4 Å². The van der Waals surface area contributed by atoms with Crippen LogP contribution in [0.3, 0.4) is 0 Å². The Labute approximate surface area is 177 Å². The molecule has 0 fully saturated rings. The van der Waals surface area contributed by atoms with Crippen LogP contribution in [-0.4, -0.2) is 20.9 Å². The molecule has 3 rings (SSSR count). The highest BCUT2D eigenvalue weighted by molar-refractivity contribution is 7.92. The molecule has 3 aromatic carbocycles. The number of para-hydroxylation sites is 2. The number of nitrogens with one attached hydrogen (secondary N) is 2. The van der Waals surface area contributed by atoms with E-state index in [4.69, 9.17) is 4.74 Å². The minimum absolute atomic E-state index is 0.0697. The van der Waals surface area contributed by atoms with Crippen LogP contribution < -0.4 is 14.8 Å². The lowest BCUT2D eigenvalue weighted by Gasteiger charge is -2.14. The molecule has 0 atom stereocenters. The zero-order valence-corrected chi connectivity index (χ0v) is 17.6. The zero-order valence-electron chi connectivity index (χ0n) is 16.8. The Morgan fingerprint density at radius 1 is 0.867 bits per heavy atom. The number of hydrogen-bond donors (Lipinski definition) is 2. The van der Waals surface area contributed by atoms with Gasteiger partial charge in [-0.2, -0.15) is 0 Å². The minimum atomic E-state index is -3.88. The Bertz CT molecular complexity index is 1100. The molecule has 6 nitrogen and oxygen atoms in total. The van der Waals surface area contributed by atoms with Crippen LogP contribution in [0.2, 0.25) is 0 Å². The minimum Gasteiger partial charge on any atom is -0.457 e. The first-order chi connectivity index (χ1) is 14.3. The average Bonchev–Trinajstić information content (AvgIpc) is 2.73. The summed E-state index contributed by atoms with van der Waals surface area (Å²) in [7, 11) is -3.88. The first-order valence-electron chi connectivity index (χ1n) is 9.58. The second kappa shape index (κ2) is 9.45. The molecular weight excluding hydrogens is 400 g/mol. The van der Waals surface area contributed by atoms with Crippen molar-refractivity contribution in [3.05, 3.63) is 84.4 Å². The number of benzene rings is 3. The van der Waals surface area contributed by atoms with Crippen LogP contribution in [-0.2, 0) is 10.0 Å². The molecule has 1 amide bonds. The van der Waals surface area contributed by atoms with Crippen molar-refractivity contribution in [2.24, 2.45) is 5.92 Å². The van der Waals surface area contributed by atoms with Gasteiger partial charge in [0.25, 0.3) is 15.9 Å². The van der Waals surface area contributed by atoms with Gasteiger partial charge in [0, 0.05) is 6.54 Å². The predicted molar refractivity (Wildman–Crippen MR) is 117 cm³/mol. The number of hydrogen-bond acceptors (Lipinski definition) is 4. The smallest absolute Gasteiger partial charge is 0.261 e. The van der Waals surface area contributed by atoms with E-state index in [0.717, 1.165) is 0 Å². The van der Waals surface area contributed by atoms with Crippen LogP contribution in [0.1, 0.15) is 24.2 Å². The summed E-state index contributed by atoms with van der Waals surface area (Å²) in [6.45, 7) is 4.48. The Morgan fingerprint density at radius 2 is 1.47 bits per heavy atom. The number of carbonyl (C=O) groups is 1. The van der Waals surface area contributed by atoms with Crippen molar-refractivity contribution < 1.29 is 17.9 Å². The maximum Gasteiger partial charge on any atom is 0.261 e. The molecular formula is C23H24N2O4S. The molecule has 0 aliphatic carbocycles. The lowest BCUT2D eigenvalue weighted by atomic mass is 10.1. The summed E-state index contributed by atoms with van der Waals surface area (Å²) in [5.41, 5.74) is 0.495. The molecule has 0 bridgehead atoms. The van der Waals surface area contributed by atoms with E-state index in [2.05, 4.69) is 10.0 Å². The molecule has 0 aromatic heterocycles. The number of amides is 1. The summed E-state index contributed by atoms with van der Waals surface area (Å²) in [5.74, 6) is 1.14. The summed E-state index contributed by atoms with van der Waals surface area (Å²) in [4.78, 5) is 12.5. The fourth-order valence-electron chi connectivity index (χ4n) is 2.68. The summed E-state index contributed by atoms with van der Waals surface area (Å²) in [6, 6.07) is 21.8. The van der Waals surface area contributed by atoms with E-state index in [9.17, 15) is 13.2 Å². The van der Waals surface area contributed by atoms with Crippen LogP contribution in [0, 0.1) is 5.92 Å². The lowest BCUT2D eigenvalue weighted by molar-refractivity contribution is 0.0950. The van der Waals surface area contributed by atoms with Crippen molar-refractivity contribution in [1.29, 1.82) is 0 Å². The zero-order chi connectivity index (χ0) is 21.6. The van der Waals surface area contributed by atoms with Gasteiger partial charge in [0.15, 0.2) is 0 Å². The van der Waals surface area contributed by atoms with Gasteiger partial charge >= 0.3 is 0 Å². The molecule has 0 heterocycles. The molecule has 0 aliphatic heterocycles. The van der Waals surface area contributed by atoms with E-state index >= 15 is 0 Å². The Hall–Kier alpha value is -3.32. The Kier molecular flexibility index (Phi) is 6.74. The molecule has 30 heavy (non-hydrogen) atoms. The van der Waals surface area contributed by atoms with Crippen molar-refractivity contribution in [3.8, 4) is 11.5 Å². The third kappa shape index (κ3) is 5.61. The third-order valence-corrected chi connectivity index (χ3v) is 5.58. The number of ether oxygens (including phenoxy) is 1. The molecule has 0 saturated carbocycles. The summed E-state index contributed by atoms with van der Waals surface area (Å²) < 4.78 is 33.9. The molecule has 0 radical (unpaired) electrons. The fourth-order valence-corrected chi connectivity index (χ4v) is 3.76. The highest BCUT2D eigenvalue weighted by atomic mass is 32.2. The normalized spacial score (nSPS) is 11.2. The van der Waals surface area contributed by atoms with Crippen LogP contribution in [0.15, 0.2) is 83.8 Å². The van der Waals surface area contributed by atoms with Crippen LogP contribution >= 0.6 is 0 Å². The van der Waals surface area contributed by atoms with Crippen molar-refractivity contribution in [2.45, 2.75) is 18.7 Å². The SMILES string of the molecule is CC(C)CNC(=O)c1ccccc1NS(=O)(=O)c1ccc(Oc2ccccc2)cc1. The molecule has 7 heteroatoms. The van der Waals surface area contributed by atoms with Crippen molar-refractivity contribution in [2.75, 3.05) is 11.3 Å². The first kappa shape index (κ1) is 21.4. The van der Waals surface area contributed by atoms with E-state index in [1.165, 1.54) is 12.1 Å². The topological polar surface area (TPSA) is 84.5 Å². The highest BCUT2D eigenvalue weighted by Crippen LogP contribution is 2.24. The number of anilines is 1. The van der Waals surface area contributed by atoms with Gasteiger partial charge in [0.1, 0.15) is 11.5 Å². The summed E-state index contributed by atoms with van der Waals surface area (Å²) in [6.07, 6.45) is 0. The second-order valence-corrected chi connectivity index (χ2v) is 8.82. The molecule has 0 aliphatic rings. The maximum atomic E-state index is 12.8. The van der Waals surface area contributed by atoms with E-state index in [1.54, 1.807) is 36.4 Å². The van der Waals surface area contributed by atoms with Gasteiger partial charge in [-0.3, -0.25) is 9.52 Å². The quantitative estimate of drug-likeness (QED) is 0.551. The molecule has 156 valence electrons. The fraction of sp³-hybridized carbons (Fsp3) is 0.174. The average molecular weight is 425 g/mol. The predicted octanol–water partition coefficient (Wildman–Crippen LogP) is 4.67. The third-order valence-electron chi connectivity index (χ3n) is 4.20. The number of rotatable bonds is 8. The van der Waals surface area contributed by atoms with Crippen molar-refractivity contribution in [3.63, 3.8) is 0 Å². The van der Waals surface area contributed by atoms with Gasteiger partial charge in [-0.25, -0.2) is 8.42 Å². The van der Waals surface area contributed by atoms with Crippen LogP contribution in [0.25, 0.3) is 0 Å². The molecule has 2 N–H and O–H groups in total. The van der Waals surface area contributed by atoms with Gasteiger partial charge < -0.3 is 10.1 Å². The molecule has 0 unspecified atom stereocenters. The molecule has 0 saturated heterocycles. The van der Waals surface area contributed by atoms with Crippen molar-refractivity contribution >= 4 is 21.6 Å². The Balaban J connectivity index is 1.76. The van der Waals surface area contributed by atoms with Crippen LogP contribution in [0.4, 0.5) is 5.69 Å².